The molecule has 0 aliphatic carbocycles. The van der Waals surface area contributed by atoms with Gasteiger partial charge in [-0.15, -0.1) is 0 Å². The van der Waals surface area contributed by atoms with Crippen molar-refractivity contribution in [2.45, 2.75) is 52.6 Å². The van der Waals surface area contributed by atoms with Crippen LogP contribution in [0, 0.1) is 0 Å². The Morgan fingerprint density at radius 2 is 1.66 bits per heavy atom. The predicted octanol–water partition coefficient (Wildman–Crippen LogP) is 3.03. The molecule has 2 amide bonds. The fourth-order valence-electron chi connectivity index (χ4n) is 3.53. The highest BCUT2D eigenvalue weighted by Gasteiger charge is 2.30. The van der Waals surface area contributed by atoms with Gasteiger partial charge in [0.25, 0.3) is 0 Å². The number of hydrogen-bond donors (Lipinski definition) is 1. The van der Waals surface area contributed by atoms with E-state index in [0.29, 0.717) is 12.0 Å². The van der Waals surface area contributed by atoms with Crippen molar-refractivity contribution < 1.29 is 22.8 Å². The first kappa shape index (κ1) is 28.0. The molecule has 0 saturated heterocycles. The van der Waals surface area contributed by atoms with Crippen LogP contribution < -0.4 is 9.62 Å². The summed E-state index contributed by atoms with van der Waals surface area (Å²) in [5.74, 6) is -1.02. The van der Waals surface area contributed by atoms with Crippen molar-refractivity contribution in [3.63, 3.8) is 0 Å². The molecule has 190 valence electrons. The lowest BCUT2D eigenvalue weighted by molar-refractivity contribution is -0.139. The van der Waals surface area contributed by atoms with Gasteiger partial charge >= 0.3 is 0 Å². The van der Waals surface area contributed by atoms with Gasteiger partial charge in [0, 0.05) is 18.2 Å². The smallest absolute Gasteiger partial charge is 0.244 e. The van der Waals surface area contributed by atoms with Crippen LogP contribution in [0.1, 0.15) is 50.0 Å². The van der Waals surface area contributed by atoms with E-state index in [-0.39, 0.29) is 30.0 Å². The van der Waals surface area contributed by atoms with E-state index in [2.05, 4.69) is 5.32 Å². The Kier molecular flexibility index (Phi) is 10.0. The highest BCUT2D eigenvalue weighted by atomic mass is 32.2. The zero-order chi connectivity index (χ0) is 26.2. The minimum Gasteiger partial charge on any atom is -0.352 e. The normalized spacial score (nSPS) is 12.9. The molecule has 2 rings (SSSR count). The molecule has 1 N–H and O–H groups in total. The SMILES string of the molecule is CC[C@@H](C)NC(=O)[C@H](C)N(CCc1ccccc1)C(=O)CN(c1cccc(C(C)=O)c1)S(C)(=O)=O. The van der Waals surface area contributed by atoms with E-state index >= 15 is 0 Å². The molecular formula is C26H35N3O5S. The third kappa shape index (κ3) is 8.20. The molecule has 0 aromatic heterocycles. The summed E-state index contributed by atoms with van der Waals surface area (Å²) in [6, 6.07) is 14.8. The highest BCUT2D eigenvalue weighted by Crippen LogP contribution is 2.20. The van der Waals surface area contributed by atoms with E-state index in [1.807, 2.05) is 44.2 Å². The fourth-order valence-corrected chi connectivity index (χ4v) is 4.37. The zero-order valence-corrected chi connectivity index (χ0v) is 21.8. The van der Waals surface area contributed by atoms with Gasteiger partial charge in [-0.05, 0) is 51.3 Å². The van der Waals surface area contributed by atoms with Crippen molar-refractivity contribution in [2.75, 3.05) is 23.7 Å². The first-order valence-corrected chi connectivity index (χ1v) is 13.5. The number of hydrogen-bond acceptors (Lipinski definition) is 5. The summed E-state index contributed by atoms with van der Waals surface area (Å²) < 4.78 is 26.2. The van der Waals surface area contributed by atoms with Crippen LogP contribution in [0.25, 0.3) is 0 Å². The summed E-state index contributed by atoms with van der Waals surface area (Å²) in [5, 5.41) is 2.90. The Morgan fingerprint density at radius 1 is 1.00 bits per heavy atom. The van der Waals surface area contributed by atoms with Crippen molar-refractivity contribution in [3.8, 4) is 0 Å². The third-order valence-electron chi connectivity index (χ3n) is 5.87. The van der Waals surface area contributed by atoms with Gasteiger partial charge in [-0.3, -0.25) is 18.7 Å². The largest absolute Gasteiger partial charge is 0.352 e. The molecule has 9 heteroatoms. The van der Waals surface area contributed by atoms with Crippen LogP contribution in [0.5, 0.6) is 0 Å². The number of Topliss-reactive ketones (excluding diaryl/α,β-unsaturated/α-hetero) is 1. The number of ketones is 1. The first-order chi connectivity index (χ1) is 16.4. The number of nitrogens with zero attached hydrogens (tertiary/aromatic N) is 2. The topological polar surface area (TPSA) is 104 Å². The first-order valence-electron chi connectivity index (χ1n) is 11.7. The van der Waals surface area contributed by atoms with Crippen molar-refractivity contribution >= 4 is 33.3 Å². The predicted molar refractivity (Wildman–Crippen MR) is 138 cm³/mol. The lowest BCUT2D eigenvalue weighted by Gasteiger charge is -2.32. The summed E-state index contributed by atoms with van der Waals surface area (Å²) >= 11 is 0. The van der Waals surface area contributed by atoms with Gasteiger partial charge in [0.05, 0.1) is 11.9 Å². The van der Waals surface area contributed by atoms with Crippen LogP contribution in [0.2, 0.25) is 0 Å². The van der Waals surface area contributed by atoms with Crippen molar-refractivity contribution in [1.82, 2.24) is 10.2 Å². The Bertz CT molecular complexity index is 1130. The van der Waals surface area contributed by atoms with Gasteiger partial charge in [-0.25, -0.2) is 8.42 Å². The third-order valence-corrected chi connectivity index (χ3v) is 7.01. The quantitative estimate of drug-likeness (QED) is 0.450. The van der Waals surface area contributed by atoms with Crippen molar-refractivity contribution in [2.24, 2.45) is 0 Å². The van der Waals surface area contributed by atoms with E-state index < -0.39 is 28.5 Å². The molecular weight excluding hydrogens is 466 g/mol. The van der Waals surface area contributed by atoms with Crippen LogP contribution in [-0.4, -0.2) is 62.3 Å². The molecule has 0 heterocycles. The number of anilines is 1. The number of nitrogens with one attached hydrogen (secondary N) is 1. The van der Waals surface area contributed by atoms with E-state index in [1.54, 1.807) is 19.1 Å². The number of sulfonamides is 1. The average molecular weight is 502 g/mol. The summed E-state index contributed by atoms with van der Waals surface area (Å²) in [6.45, 7) is 6.61. The lowest BCUT2D eigenvalue weighted by atomic mass is 10.1. The molecule has 0 radical (unpaired) electrons. The van der Waals surface area contributed by atoms with E-state index in [0.717, 1.165) is 22.5 Å². The monoisotopic (exact) mass is 501 g/mol. The molecule has 0 saturated carbocycles. The minimum atomic E-state index is -3.85. The second-order valence-electron chi connectivity index (χ2n) is 8.69. The van der Waals surface area contributed by atoms with Crippen molar-refractivity contribution in [1.29, 1.82) is 0 Å². The fraction of sp³-hybridized carbons (Fsp3) is 0.423. The highest BCUT2D eigenvalue weighted by molar-refractivity contribution is 7.92. The molecule has 0 aliphatic rings. The molecule has 0 fully saturated rings. The summed E-state index contributed by atoms with van der Waals surface area (Å²) in [6.07, 6.45) is 2.26. The number of amides is 2. The molecule has 0 unspecified atom stereocenters. The molecule has 0 bridgehead atoms. The van der Waals surface area contributed by atoms with E-state index in [1.165, 1.54) is 24.0 Å². The summed E-state index contributed by atoms with van der Waals surface area (Å²) in [5.41, 5.74) is 1.55. The molecule has 0 aliphatic heterocycles. The summed E-state index contributed by atoms with van der Waals surface area (Å²) in [4.78, 5) is 39.6. The number of rotatable bonds is 12. The van der Waals surface area contributed by atoms with Gasteiger partial charge in [-0.1, -0.05) is 49.4 Å². The van der Waals surface area contributed by atoms with Gasteiger partial charge in [-0.2, -0.15) is 0 Å². The van der Waals surface area contributed by atoms with Gasteiger partial charge in [0.2, 0.25) is 21.8 Å². The number of benzene rings is 2. The average Bonchev–Trinajstić information content (AvgIpc) is 2.82. The maximum Gasteiger partial charge on any atom is 0.244 e. The van der Waals surface area contributed by atoms with Crippen LogP contribution >= 0.6 is 0 Å². The molecule has 2 aromatic carbocycles. The Morgan fingerprint density at radius 3 is 2.23 bits per heavy atom. The van der Waals surface area contributed by atoms with Crippen LogP contribution in [0.3, 0.4) is 0 Å². The molecule has 0 spiro atoms. The van der Waals surface area contributed by atoms with Gasteiger partial charge in [0.15, 0.2) is 5.78 Å². The zero-order valence-electron chi connectivity index (χ0n) is 21.0. The maximum atomic E-state index is 13.5. The molecule has 2 aromatic rings. The van der Waals surface area contributed by atoms with Crippen LogP contribution in [0.15, 0.2) is 54.6 Å². The van der Waals surface area contributed by atoms with Crippen LogP contribution in [0.4, 0.5) is 5.69 Å². The van der Waals surface area contributed by atoms with Crippen LogP contribution in [-0.2, 0) is 26.0 Å². The van der Waals surface area contributed by atoms with E-state index in [4.69, 9.17) is 0 Å². The maximum absolute atomic E-state index is 13.5. The van der Waals surface area contributed by atoms with Crippen molar-refractivity contribution in [3.05, 3.63) is 65.7 Å². The Balaban J connectivity index is 2.35. The lowest BCUT2D eigenvalue weighted by Crippen LogP contribution is -2.53. The van der Waals surface area contributed by atoms with Gasteiger partial charge in [0.1, 0.15) is 12.6 Å². The second kappa shape index (κ2) is 12.5. The number of carbonyl (C=O) groups excluding carboxylic acids is 3. The molecule has 8 nitrogen and oxygen atoms in total. The Labute approximate surface area is 208 Å². The standard InChI is InChI=1S/C26H35N3O5S/c1-6-19(2)27-26(32)20(3)28(16-15-22-11-8-7-9-12-22)25(31)18-29(35(5,33)34)24-14-10-13-23(17-24)21(4)30/h7-14,17,19-20H,6,15-16,18H2,1-5H3,(H,27,32)/t19-,20+/m1/s1. The number of carbonyl (C=O) groups is 3. The molecule has 2 atom stereocenters. The second-order valence-corrected chi connectivity index (χ2v) is 10.6. The van der Waals surface area contributed by atoms with E-state index in [9.17, 15) is 22.8 Å². The van der Waals surface area contributed by atoms with Gasteiger partial charge < -0.3 is 10.2 Å². The minimum absolute atomic E-state index is 0.0575. The molecule has 35 heavy (non-hydrogen) atoms. The summed E-state index contributed by atoms with van der Waals surface area (Å²) in [7, 11) is -3.85. The Hall–Kier alpha value is -3.20.